The number of aliphatic carboxylic acids is 1. The highest BCUT2D eigenvalue weighted by Gasteiger charge is 2.30. The Morgan fingerprint density at radius 1 is 1.00 bits per heavy atom. The Kier molecular flexibility index (Phi) is 8.71. The van der Waals surface area contributed by atoms with Crippen LogP contribution in [0.4, 0.5) is 0 Å². The summed E-state index contributed by atoms with van der Waals surface area (Å²) in [5, 5.41) is 12.1. The van der Waals surface area contributed by atoms with Gasteiger partial charge in [-0.1, -0.05) is 39.3 Å². The first kappa shape index (κ1) is 23.4. The summed E-state index contributed by atoms with van der Waals surface area (Å²) in [4.78, 5) is 24.0. The molecule has 9 heteroatoms. The number of carboxylic acid groups (broad SMARTS) is 1. The molecule has 1 aromatic carbocycles. The smallest absolute Gasteiger partial charge is 0.326 e. The van der Waals surface area contributed by atoms with Crippen molar-refractivity contribution in [1.82, 2.24) is 10.0 Å². The van der Waals surface area contributed by atoms with Crippen molar-refractivity contribution in [3.8, 4) is 0 Å². The van der Waals surface area contributed by atoms with E-state index in [0.717, 1.165) is 0 Å². The number of sulfonamides is 1. The zero-order valence-corrected chi connectivity index (χ0v) is 17.5. The number of carbonyl (C=O) groups excluding carboxylic acids is 1. The maximum atomic E-state index is 12.6. The monoisotopic (exact) mass is 418 g/mol. The number of benzene rings is 1. The van der Waals surface area contributed by atoms with Crippen molar-refractivity contribution in [2.45, 2.75) is 57.5 Å². The van der Waals surface area contributed by atoms with Gasteiger partial charge in [-0.25, -0.2) is 13.2 Å². The van der Waals surface area contributed by atoms with Crippen LogP contribution in [0.1, 0.15) is 40.5 Å². The van der Waals surface area contributed by atoms with Crippen molar-refractivity contribution in [1.29, 1.82) is 0 Å². The Balaban J connectivity index is 3.01. The van der Waals surface area contributed by atoms with Gasteiger partial charge in [0.15, 0.2) is 0 Å². The Bertz CT molecular complexity index is 748. The lowest BCUT2D eigenvalue weighted by atomic mass is 10.0. The molecule has 0 spiro atoms. The Morgan fingerprint density at radius 2 is 1.48 bits per heavy atom. The van der Waals surface area contributed by atoms with Gasteiger partial charge < -0.3 is 10.4 Å². The zero-order valence-electron chi connectivity index (χ0n) is 15.9. The number of hydrogen-bond acceptors (Lipinski definition) is 4. The van der Waals surface area contributed by atoms with Crippen molar-refractivity contribution in [2.75, 3.05) is 0 Å². The minimum absolute atomic E-state index is 0.0158. The van der Waals surface area contributed by atoms with Crippen molar-refractivity contribution in [2.24, 2.45) is 11.8 Å². The zero-order chi connectivity index (χ0) is 20.8. The molecule has 0 aliphatic rings. The summed E-state index contributed by atoms with van der Waals surface area (Å²) in [6, 6.07) is 3.40. The summed E-state index contributed by atoms with van der Waals surface area (Å²) in [5.41, 5.74) is 0. The molecule has 27 heavy (non-hydrogen) atoms. The number of carbonyl (C=O) groups is 2. The molecule has 0 heterocycles. The first-order chi connectivity index (χ1) is 12.4. The number of halogens is 1. The molecule has 1 rings (SSSR count). The fraction of sp³-hybridized carbons (Fsp3) is 0.556. The van der Waals surface area contributed by atoms with Crippen LogP contribution in [0.15, 0.2) is 29.2 Å². The Labute approximate surface area is 165 Å². The van der Waals surface area contributed by atoms with E-state index in [4.69, 9.17) is 11.6 Å². The molecule has 0 saturated carbocycles. The molecule has 0 aliphatic heterocycles. The van der Waals surface area contributed by atoms with Crippen LogP contribution in [-0.4, -0.2) is 37.5 Å². The number of amides is 1. The second-order valence-electron chi connectivity index (χ2n) is 7.29. The quantitative estimate of drug-likeness (QED) is 0.540. The summed E-state index contributed by atoms with van der Waals surface area (Å²) in [5.74, 6) is -1.74. The second kappa shape index (κ2) is 10.1. The first-order valence-corrected chi connectivity index (χ1v) is 10.6. The molecule has 2 unspecified atom stereocenters. The van der Waals surface area contributed by atoms with Gasteiger partial charge in [-0.05, 0) is 48.9 Å². The van der Waals surface area contributed by atoms with Crippen LogP contribution in [0.2, 0.25) is 5.02 Å². The normalized spacial score (nSPS) is 14.2. The van der Waals surface area contributed by atoms with Gasteiger partial charge in [0.05, 0.1) is 4.90 Å². The molecule has 0 saturated heterocycles. The van der Waals surface area contributed by atoms with Crippen molar-refractivity contribution >= 4 is 33.5 Å². The van der Waals surface area contributed by atoms with E-state index in [2.05, 4.69) is 10.0 Å². The van der Waals surface area contributed by atoms with Crippen LogP contribution in [0.5, 0.6) is 0 Å². The number of rotatable bonds is 10. The predicted molar refractivity (Wildman–Crippen MR) is 104 cm³/mol. The molecule has 0 radical (unpaired) electrons. The lowest BCUT2D eigenvalue weighted by Crippen LogP contribution is -2.52. The second-order valence-corrected chi connectivity index (χ2v) is 9.44. The Morgan fingerprint density at radius 3 is 1.93 bits per heavy atom. The van der Waals surface area contributed by atoms with E-state index in [0.29, 0.717) is 5.02 Å². The van der Waals surface area contributed by atoms with Crippen LogP contribution in [0.25, 0.3) is 0 Å². The molecule has 2 atom stereocenters. The van der Waals surface area contributed by atoms with E-state index in [-0.39, 0.29) is 29.6 Å². The molecule has 0 aromatic heterocycles. The third-order valence-corrected chi connectivity index (χ3v) is 5.51. The molecule has 0 aliphatic carbocycles. The highest BCUT2D eigenvalue weighted by atomic mass is 35.5. The highest BCUT2D eigenvalue weighted by molar-refractivity contribution is 7.89. The van der Waals surface area contributed by atoms with Gasteiger partial charge in [0.2, 0.25) is 15.9 Å². The van der Waals surface area contributed by atoms with Crippen molar-refractivity contribution in [3.63, 3.8) is 0 Å². The minimum Gasteiger partial charge on any atom is -0.480 e. The van der Waals surface area contributed by atoms with E-state index >= 15 is 0 Å². The maximum Gasteiger partial charge on any atom is 0.326 e. The summed E-state index contributed by atoms with van der Waals surface area (Å²) in [6.45, 7) is 7.38. The fourth-order valence-electron chi connectivity index (χ4n) is 2.51. The Hall–Kier alpha value is -1.64. The van der Waals surface area contributed by atoms with E-state index in [9.17, 15) is 23.1 Å². The molecule has 3 N–H and O–H groups in total. The highest BCUT2D eigenvalue weighted by Crippen LogP contribution is 2.16. The van der Waals surface area contributed by atoms with Crippen molar-refractivity contribution in [3.05, 3.63) is 29.3 Å². The summed E-state index contributed by atoms with van der Waals surface area (Å²) in [6.07, 6.45) is 0.478. The maximum absolute atomic E-state index is 12.6. The lowest BCUT2D eigenvalue weighted by Gasteiger charge is -2.23. The van der Waals surface area contributed by atoms with Gasteiger partial charge in [0.25, 0.3) is 0 Å². The number of hydrogen-bond donors (Lipinski definition) is 3. The molecule has 1 aromatic rings. The fourth-order valence-corrected chi connectivity index (χ4v) is 3.85. The van der Waals surface area contributed by atoms with Crippen LogP contribution in [0.3, 0.4) is 0 Å². The summed E-state index contributed by atoms with van der Waals surface area (Å²) < 4.78 is 27.6. The standard InChI is InChI=1S/C18H27ClN2O5S/c1-11(2)9-15(17(22)20-16(18(23)24)10-12(3)4)21-27(25,26)14-7-5-13(19)6-8-14/h5-8,11-12,15-16,21H,9-10H2,1-4H3,(H,20,22)(H,23,24). The molecule has 1 amide bonds. The largest absolute Gasteiger partial charge is 0.480 e. The summed E-state index contributed by atoms with van der Waals surface area (Å²) >= 11 is 5.78. The summed E-state index contributed by atoms with van der Waals surface area (Å²) in [7, 11) is -3.96. The average Bonchev–Trinajstić information content (AvgIpc) is 2.52. The molecule has 152 valence electrons. The van der Waals surface area contributed by atoms with Crippen LogP contribution in [-0.2, 0) is 19.6 Å². The molecular weight excluding hydrogens is 392 g/mol. The van der Waals surface area contributed by atoms with Gasteiger partial charge >= 0.3 is 5.97 Å². The molecular formula is C18H27ClN2O5S. The topological polar surface area (TPSA) is 113 Å². The van der Waals surface area contributed by atoms with E-state index in [1.54, 1.807) is 0 Å². The predicted octanol–water partition coefficient (Wildman–Crippen LogP) is 2.65. The van der Waals surface area contributed by atoms with Gasteiger partial charge in [0, 0.05) is 5.02 Å². The van der Waals surface area contributed by atoms with Gasteiger partial charge in [-0.15, -0.1) is 0 Å². The third kappa shape index (κ3) is 7.86. The molecule has 7 nitrogen and oxygen atoms in total. The van der Waals surface area contributed by atoms with Gasteiger partial charge in [0.1, 0.15) is 12.1 Å². The molecule has 0 fully saturated rings. The average molecular weight is 419 g/mol. The van der Waals surface area contributed by atoms with Crippen molar-refractivity contribution < 1.29 is 23.1 Å². The third-order valence-electron chi connectivity index (χ3n) is 3.77. The molecule has 0 bridgehead atoms. The number of carboxylic acids is 1. The van der Waals surface area contributed by atoms with E-state index in [1.807, 2.05) is 27.7 Å². The van der Waals surface area contributed by atoms with Crippen LogP contribution in [0, 0.1) is 11.8 Å². The van der Waals surface area contributed by atoms with E-state index in [1.165, 1.54) is 24.3 Å². The van der Waals surface area contributed by atoms with Gasteiger partial charge in [-0.2, -0.15) is 4.72 Å². The SMILES string of the molecule is CC(C)CC(NC(=O)C(CC(C)C)NS(=O)(=O)c1ccc(Cl)cc1)C(=O)O. The minimum atomic E-state index is -3.96. The lowest BCUT2D eigenvalue weighted by molar-refractivity contribution is -0.142. The number of nitrogens with one attached hydrogen (secondary N) is 2. The van der Waals surface area contributed by atoms with Crippen LogP contribution >= 0.6 is 11.6 Å². The van der Waals surface area contributed by atoms with Crippen LogP contribution < -0.4 is 10.0 Å². The van der Waals surface area contributed by atoms with Gasteiger partial charge in [-0.3, -0.25) is 4.79 Å². The van der Waals surface area contributed by atoms with E-state index < -0.39 is 34.0 Å². The first-order valence-electron chi connectivity index (χ1n) is 8.73.